The molecule has 0 bridgehead atoms. The molecule has 1 amide bonds. The number of allylic oxidation sites excluding steroid dienone is 1. The number of carbonyl (C=O) groups excluding carboxylic acids is 1. The number of aryl methyl sites for hydroxylation is 1. The van der Waals surface area contributed by atoms with Gasteiger partial charge in [0.05, 0.1) is 12.2 Å². The summed E-state index contributed by atoms with van der Waals surface area (Å²) in [5.74, 6) is 1.71. The van der Waals surface area contributed by atoms with Gasteiger partial charge in [-0.05, 0) is 62.1 Å². The molecule has 2 N–H and O–H groups in total. The number of thioether (sulfide) groups is 1. The topological polar surface area (TPSA) is 81.1 Å². The molecule has 41 heavy (non-hydrogen) atoms. The number of anilines is 2. The van der Waals surface area contributed by atoms with E-state index in [4.69, 9.17) is 26.4 Å². The SMILES string of the molecule is CCCCOc1ccccc1C1C(C(=O)Nc2cccc(C)c2C)=C(C)Nc2nc(SCc3ccccc3Cl)nn21. The Bertz CT molecular complexity index is 1600. The maximum absolute atomic E-state index is 14.0. The summed E-state index contributed by atoms with van der Waals surface area (Å²) in [4.78, 5) is 18.8. The van der Waals surface area contributed by atoms with Gasteiger partial charge < -0.3 is 15.4 Å². The Morgan fingerprint density at radius 2 is 1.85 bits per heavy atom. The van der Waals surface area contributed by atoms with Crippen molar-refractivity contribution in [2.75, 3.05) is 17.2 Å². The van der Waals surface area contributed by atoms with Crippen molar-refractivity contribution in [3.8, 4) is 5.75 Å². The molecule has 0 radical (unpaired) electrons. The zero-order valence-corrected chi connectivity index (χ0v) is 25.3. The molecule has 0 saturated carbocycles. The maximum atomic E-state index is 14.0. The Morgan fingerprint density at radius 3 is 2.66 bits per heavy atom. The van der Waals surface area contributed by atoms with Crippen LogP contribution in [0.15, 0.2) is 83.2 Å². The highest BCUT2D eigenvalue weighted by molar-refractivity contribution is 7.98. The first kappa shape index (κ1) is 28.8. The van der Waals surface area contributed by atoms with Gasteiger partial charge in [-0.15, -0.1) is 5.10 Å². The number of ether oxygens (including phenoxy) is 1. The molecule has 1 atom stereocenters. The number of nitrogens with zero attached hydrogens (tertiary/aromatic N) is 3. The summed E-state index contributed by atoms with van der Waals surface area (Å²) in [6.45, 7) is 8.67. The van der Waals surface area contributed by atoms with Crippen molar-refractivity contribution in [2.45, 2.75) is 57.5 Å². The third-order valence-corrected chi connectivity index (χ3v) is 8.47. The number of amides is 1. The molecule has 0 aliphatic carbocycles. The molecule has 212 valence electrons. The molecule has 0 saturated heterocycles. The van der Waals surface area contributed by atoms with E-state index in [1.807, 2.05) is 87.5 Å². The van der Waals surface area contributed by atoms with Crippen molar-refractivity contribution in [3.63, 3.8) is 0 Å². The zero-order chi connectivity index (χ0) is 28.9. The lowest BCUT2D eigenvalue weighted by Crippen LogP contribution is -2.32. The largest absolute Gasteiger partial charge is 0.493 e. The normalized spacial score (nSPS) is 14.4. The van der Waals surface area contributed by atoms with Crippen LogP contribution in [0.3, 0.4) is 0 Å². The fourth-order valence-corrected chi connectivity index (χ4v) is 5.89. The van der Waals surface area contributed by atoms with Crippen LogP contribution < -0.4 is 15.4 Å². The van der Waals surface area contributed by atoms with E-state index in [0.29, 0.717) is 39.8 Å². The number of rotatable bonds is 10. The van der Waals surface area contributed by atoms with Gasteiger partial charge >= 0.3 is 0 Å². The van der Waals surface area contributed by atoms with Crippen LogP contribution in [0.4, 0.5) is 11.6 Å². The molecule has 4 aromatic rings. The lowest BCUT2D eigenvalue weighted by atomic mass is 9.94. The highest BCUT2D eigenvalue weighted by atomic mass is 35.5. The first-order valence-corrected chi connectivity index (χ1v) is 15.1. The maximum Gasteiger partial charge on any atom is 0.255 e. The van der Waals surface area contributed by atoms with Crippen molar-refractivity contribution >= 4 is 40.9 Å². The number of benzene rings is 3. The van der Waals surface area contributed by atoms with Crippen LogP contribution in [0.5, 0.6) is 5.75 Å². The van der Waals surface area contributed by atoms with Gasteiger partial charge in [0.2, 0.25) is 11.1 Å². The second-order valence-corrected chi connectivity index (χ2v) is 11.4. The molecule has 7 nitrogen and oxygen atoms in total. The summed E-state index contributed by atoms with van der Waals surface area (Å²) >= 11 is 7.89. The van der Waals surface area contributed by atoms with Crippen LogP contribution >= 0.6 is 23.4 Å². The first-order chi connectivity index (χ1) is 19.9. The van der Waals surface area contributed by atoms with Crippen molar-refractivity contribution in [1.29, 1.82) is 0 Å². The van der Waals surface area contributed by atoms with Crippen LogP contribution in [0.2, 0.25) is 5.02 Å². The Morgan fingerprint density at radius 1 is 1.07 bits per heavy atom. The molecule has 0 fully saturated rings. The van der Waals surface area contributed by atoms with Crippen molar-refractivity contribution in [3.05, 3.63) is 105 Å². The summed E-state index contributed by atoms with van der Waals surface area (Å²) in [6, 6.07) is 21.0. The number of aromatic nitrogens is 3. The zero-order valence-electron chi connectivity index (χ0n) is 23.7. The fraction of sp³-hybridized carbons (Fsp3) is 0.281. The van der Waals surface area contributed by atoms with E-state index in [9.17, 15) is 4.79 Å². The highest BCUT2D eigenvalue weighted by Crippen LogP contribution is 2.40. The van der Waals surface area contributed by atoms with E-state index in [1.54, 1.807) is 4.68 Å². The molecule has 1 unspecified atom stereocenters. The fourth-order valence-electron chi connectivity index (χ4n) is 4.77. The van der Waals surface area contributed by atoms with Gasteiger partial charge in [-0.1, -0.05) is 85.2 Å². The Labute approximate surface area is 250 Å². The van der Waals surface area contributed by atoms with Crippen LogP contribution in [-0.4, -0.2) is 27.3 Å². The minimum atomic E-state index is -0.545. The molecule has 1 aliphatic rings. The summed E-state index contributed by atoms with van der Waals surface area (Å²) in [5, 5.41) is 12.7. The monoisotopic (exact) mass is 587 g/mol. The average Bonchev–Trinajstić information content (AvgIpc) is 3.37. The first-order valence-electron chi connectivity index (χ1n) is 13.8. The van der Waals surface area contributed by atoms with E-state index in [-0.39, 0.29) is 5.91 Å². The van der Waals surface area contributed by atoms with E-state index < -0.39 is 6.04 Å². The van der Waals surface area contributed by atoms with E-state index in [0.717, 1.165) is 46.5 Å². The summed E-state index contributed by atoms with van der Waals surface area (Å²) in [7, 11) is 0. The third-order valence-electron chi connectivity index (χ3n) is 7.21. The number of hydrogen-bond acceptors (Lipinski definition) is 6. The minimum Gasteiger partial charge on any atom is -0.493 e. The average molecular weight is 588 g/mol. The van der Waals surface area contributed by atoms with Gasteiger partial charge in [-0.3, -0.25) is 4.79 Å². The Hall–Kier alpha value is -3.75. The third kappa shape index (κ3) is 6.29. The number of unbranched alkanes of at least 4 members (excludes halogenated alkanes) is 1. The molecule has 3 aromatic carbocycles. The molecule has 1 aliphatic heterocycles. The second-order valence-electron chi connectivity index (χ2n) is 10.1. The quantitative estimate of drug-likeness (QED) is 0.145. The number of nitrogens with one attached hydrogen (secondary N) is 2. The van der Waals surface area contributed by atoms with Crippen LogP contribution in [0, 0.1) is 13.8 Å². The molecule has 1 aromatic heterocycles. The smallest absolute Gasteiger partial charge is 0.255 e. The lowest BCUT2D eigenvalue weighted by molar-refractivity contribution is -0.113. The predicted octanol–water partition coefficient (Wildman–Crippen LogP) is 7.95. The summed E-state index contributed by atoms with van der Waals surface area (Å²) in [5.41, 5.74) is 6.05. The van der Waals surface area contributed by atoms with Gasteiger partial charge in [0, 0.05) is 27.7 Å². The van der Waals surface area contributed by atoms with E-state index in [2.05, 4.69) is 17.6 Å². The molecule has 5 rings (SSSR count). The number of hydrogen-bond donors (Lipinski definition) is 2. The Kier molecular flexibility index (Phi) is 9.00. The van der Waals surface area contributed by atoms with Gasteiger partial charge in [-0.25, -0.2) is 4.68 Å². The van der Waals surface area contributed by atoms with Crippen LogP contribution in [0.25, 0.3) is 0 Å². The number of halogens is 1. The second kappa shape index (κ2) is 12.8. The number of carbonyl (C=O) groups is 1. The molecular weight excluding hydrogens is 554 g/mol. The molecule has 0 spiro atoms. The highest BCUT2D eigenvalue weighted by Gasteiger charge is 2.36. The standard InChI is InChI=1S/C32H34ClN5O2S/c1-5-6-18-40-27-17-10-8-14-24(27)29-28(30(39)35-26-16-11-12-20(2)21(26)3)22(4)34-31-36-32(37-38(29)31)41-19-23-13-7-9-15-25(23)33/h7-17,29H,5-6,18-19H2,1-4H3,(H,35,39)(H,34,36,37). The molecular formula is C32H34ClN5O2S. The van der Waals surface area contributed by atoms with Gasteiger partial charge in [0.1, 0.15) is 11.8 Å². The van der Waals surface area contributed by atoms with Gasteiger partial charge in [0.25, 0.3) is 5.91 Å². The van der Waals surface area contributed by atoms with Crippen LogP contribution in [-0.2, 0) is 10.5 Å². The lowest BCUT2D eigenvalue weighted by Gasteiger charge is -2.30. The van der Waals surface area contributed by atoms with Gasteiger partial charge in [-0.2, -0.15) is 4.98 Å². The van der Waals surface area contributed by atoms with Crippen molar-refractivity contribution in [2.24, 2.45) is 0 Å². The van der Waals surface area contributed by atoms with Crippen LogP contribution in [0.1, 0.15) is 55.0 Å². The molecule has 9 heteroatoms. The Balaban J connectivity index is 1.54. The number of fused-ring (bicyclic) bond motifs is 1. The van der Waals surface area contributed by atoms with Crippen molar-refractivity contribution in [1.82, 2.24) is 14.8 Å². The van der Waals surface area contributed by atoms with E-state index >= 15 is 0 Å². The minimum absolute atomic E-state index is 0.205. The summed E-state index contributed by atoms with van der Waals surface area (Å²) < 4.78 is 8.03. The predicted molar refractivity (Wildman–Crippen MR) is 167 cm³/mol. The number of para-hydroxylation sites is 1. The van der Waals surface area contributed by atoms with E-state index in [1.165, 1.54) is 11.8 Å². The summed E-state index contributed by atoms with van der Waals surface area (Å²) in [6.07, 6.45) is 1.96. The van der Waals surface area contributed by atoms with Gasteiger partial charge in [0.15, 0.2) is 0 Å². The molecule has 2 heterocycles. The van der Waals surface area contributed by atoms with Crippen molar-refractivity contribution < 1.29 is 9.53 Å².